The van der Waals surface area contributed by atoms with Gasteiger partial charge in [-0.05, 0) is 81.1 Å². The van der Waals surface area contributed by atoms with Crippen LogP contribution in [-0.2, 0) is 19.7 Å². The van der Waals surface area contributed by atoms with Gasteiger partial charge in [-0.2, -0.15) is 0 Å². The smallest absolute Gasteiger partial charge is 0.296 e. The molecule has 31 heavy (non-hydrogen) atoms. The summed E-state index contributed by atoms with van der Waals surface area (Å²) in [6.07, 6.45) is -0.101. The molecule has 0 spiro atoms. The van der Waals surface area contributed by atoms with Crippen LogP contribution in [0.1, 0.15) is 31.9 Å². The Morgan fingerprint density at radius 3 is 1.77 bits per heavy atom. The standard InChI is InChI=1S/C17H46O5Si9/c1-7-20-28(21-8-2)29(31(25,26)27,30(23,24)22-9-3)13-12-15-14(4)16(18-5)10-11-17(15)19-6/h10-11,28H,7-9,12-13H2,1-6,23-27H3. The van der Waals surface area contributed by atoms with Crippen LogP contribution in [0.5, 0.6) is 11.5 Å². The molecule has 0 bridgehead atoms. The molecule has 0 fully saturated rings. The van der Waals surface area contributed by atoms with Gasteiger partial charge in [0, 0.05) is 51.0 Å². The molecule has 0 aromatic heterocycles. The SMILES string of the molecule is CCO[SiH](OCC)[Si](CCc1c(OC)ccc(OC)c1C)([Si]([SiH3])([SiH3])[SiH3])[Si]([SiH3])([SiH3])OCC. The second-order valence-electron chi connectivity index (χ2n) is 9.48. The lowest BCUT2D eigenvalue weighted by molar-refractivity contribution is 0.229. The molecule has 1 atom stereocenters. The summed E-state index contributed by atoms with van der Waals surface area (Å²) < 4.78 is 31.6. The first-order chi connectivity index (χ1) is 14.5. The molecule has 1 rings (SSSR count). The van der Waals surface area contributed by atoms with E-state index in [4.69, 9.17) is 22.8 Å². The van der Waals surface area contributed by atoms with Crippen LogP contribution in [0, 0.1) is 6.92 Å². The molecule has 0 radical (unpaired) electrons. The van der Waals surface area contributed by atoms with E-state index in [1.807, 2.05) is 6.07 Å². The predicted octanol–water partition coefficient (Wildman–Crippen LogP) is -3.73. The van der Waals surface area contributed by atoms with E-state index >= 15 is 0 Å². The fraction of sp³-hybridized carbons (Fsp3) is 0.647. The molecule has 0 aliphatic carbocycles. The van der Waals surface area contributed by atoms with E-state index in [0.29, 0.717) is 0 Å². The predicted molar refractivity (Wildman–Crippen MR) is 162 cm³/mol. The van der Waals surface area contributed by atoms with Crippen molar-refractivity contribution >= 4 is 77.2 Å². The Morgan fingerprint density at radius 2 is 1.35 bits per heavy atom. The largest absolute Gasteiger partial charge is 0.496 e. The Morgan fingerprint density at radius 1 is 0.839 bits per heavy atom. The van der Waals surface area contributed by atoms with Gasteiger partial charge < -0.3 is 22.8 Å². The molecule has 0 heterocycles. The average molecular weight is 583 g/mol. The fourth-order valence-corrected chi connectivity index (χ4v) is 279. The van der Waals surface area contributed by atoms with E-state index in [1.54, 1.807) is 14.2 Å². The number of ether oxygens (including phenoxy) is 2. The van der Waals surface area contributed by atoms with Crippen molar-refractivity contribution in [2.24, 2.45) is 0 Å². The molecule has 1 aromatic carbocycles. The second kappa shape index (κ2) is 12.9. The normalized spacial score (nSPS) is 18.2. The summed E-state index contributed by atoms with van der Waals surface area (Å²) in [5.74, 6) is 1.96. The topological polar surface area (TPSA) is 46.2 Å². The zero-order valence-electron chi connectivity index (χ0n) is 21.8. The lowest BCUT2D eigenvalue weighted by atomic mass is 10.0. The molecule has 0 saturated carbocycles. The Balaban J connectivity index is 3.65. The maximum Gasteiger partial charge on any atom is 0.296 e. The summed E-state index contributed by atoms with van der Waals surface area (Å²) in [7, 11) is 8.50. The minimum absolute atomic E-state index is 0.794. The first-order valence-electron chi connectivity index (χ1n) is 11.5. The highest BCUT2D eigenvalue weighted by Gasteiger charge is 2.64. The maximum absolute atomic E-state index is 6.86. The summed E-state index contributed by atoms with van der Waals surface area (Å²) in [6.45, 7) is 7.80. The van der Waals surface area contributed by atoms with Gasteiger partial charge in [0.15, 0.2) is 0 Å². The van der Waals surface area contributed by atoms with E-state index in [-0.39, 0.29) is 0 Å². The van der Waals surface area contributed by atoms with Gasteiger partial charge in [0.2, 0.25) is 0 Å². The molecule has 14 heteroatoms. The molecule has 0 amide bonds. The summed E-state index contributed by atoms with van der Waals surface area (Å²) >= 11 is 0. The zero-order chi connectivity index (χ0) is 23.9. The van der Waals surface area contributed by atoms with Crippen molar-refractivity contribution in [2.45, 2.75) is 40.2 Å². The monoisotopic (exact) mass is 582 g/mol. The first kappa shape index (κ1) is 29.7. The van der Waals surface area contributed by atoms with Crippen LogP contribution in [0.15, 0.2) is 12.1 Å². The fourth-order valence-electron chi connectivity index (χ4n) is 5.22. The van der Waals surface area contributed by atoms with Gasteiger partial charge in [-0.25, -0.2) is 0 Å². The van der Waals surface area contributed by atoms with E-state index < -0.39 is 28.4 Å². The van der Waals surface area contributed by atoms with Crippen molar-refractivity contribution in [1.82, 2.24) is 0 Å². The van der Waals surface area contributed by atoms with Crippen LogP contribution in [0.2, 0.25) is 6.04 Å². The minimum Gasteiger partial charge on any atom is -0.496 e. The molecular formula is C17H46O5Si9. The maximum atomic E-state index is 6.86. The van der Waals surface area contributed by atoms with Gasteiger partial charge in [-0.3, -0.25) is 0 Å². The number of benzene rings is 1. The number of hydrogen-bond donors (Lipinski definition) is 0. The molecule has 5 nitrogen and oxygen atoms in total. The van der Waals surface area contributed by atoms with Crippen molar-refractivity contribution in [3.8, 4) is 11.5 Å². The van der Waals surface area contributed by atoms with Crippen LogP contribution in [0.3, 0.4) is 0 Å². The van der Waals surface area contributed by atoms with Crippen molar-refractivity contribution in [1.29, 1.82) is 0 Å². The summed E-state index contributed by atoms with van der Waals surface area (Å²) in [5.41, 5.74) is 2.55. The third-order valence-corrected chi connectivity index (χ3v) is 157. The summed E-state index contributed by atoms with van der Waals surface area (Å²) in [6, 6.07) is 5.41. The minimum atomic E-state index is -1.73. The third kappa shape index (κ3) is 6.62. The molecule has 0 saturated heterocycles. The van der Waals surface area contributed by atoms with Gasteiger partial charge in [0.05, 0.1) is 14.2 Å². The Labute approximate surface area is 208 Å². The van der Waals surface area contributed by atoms with E-state index in [0.717, 1.165) is 37.7 Å². The molecule has 0 aliphatic rings. The lowest BCUT2D eigenvalue weighted by Crippen LogP contribution is -2.89. The highest BCUT2D eigenvalue weighted by molar-refractivity contribution is 8.11. The highest BCUT2D eigenvalue weighted by atomic mass is 30.4. The van der Waals surface area contributed by atoms with Crippen LogP contribution >= 0.6 is 0 Å². The summed E-state index contributed by atoms with van der Waals surface area (Å²) in [5, 5.41) is 0. The van der Waals surface area contributed by atoms with E-state index in [2.05, 4.69) is 33.8 Å². The Bertz CT molecular complexity index is 695. The quantitative estimate of drug-likeness (QED) is 0.211. The highest BCUT2D eigenvalue weighted by Crippen LogP contribution is 2.36. The molecule has 0 N–H and O–H groups in total. The van der Waals surface area contributed by atoms with Crippen molar-refractivity contribution in [3.05, 3.63) is 23.3 Å². The third-order valence-electron chi connectivity index (χ3n) is 6.67. The molecule has 180 valence electrons. The molecule has 1 aromatic rings. The van der Waals surface area contributed by atoms with Crippen molar-refractivity contribution in [2.75, 3.05) is 34.0 Å². The average Bonchev–Trinajstić information content (AvgIpc) is 2.68. The number of methoxy groups -OCH3 is 2. The van der Waals surface area contributed by atoms with Gasteiger partial charge in [-0.1, -0.05) is 6.04 Å². The first-order valence-corrected chi connectivity index (χ1v) is 39.9. The zero-order valence-corrected chi connectivity index (χ0v) is 36.0. The van der Waals surface area contributed by atoms with Gasteiger partial charge in [0.1, 0.15) is 25.0 Å². The van der Waals surface area contributed by atoms with E-state index in [9.17, 15) is 0 Å². The van der Waals surface area contributed by atoms with Crippen molar-refractivity contribution < 1.29 is 22.8 Å². The second-order valence-corrected chi connectivity index (χ2v) is 117. The van der Waals surface area contributed by atoms with E-state index in [1.165, 1.54) is 66.0 Å². The Kier molecular flexibility index (Phi) is 12.4. The number of rotatable bonds is 14. The van der Waals surface area contributed by atoms with Crippen LogP contribution < -0.4 is 9.47 Å². The lowest BCUT2D eigenvalue weighted by Gasteiger charge is -2.53. The molecular weight excluding hydrogens is 537 g/mol. The van der Waals surface area contributed by atoms with Crippen LogP contribution in [0.25, 0.3) is 0 Å². The molecule has 1 unspecified atom stereocenters. The molecule has 0 aliphatic heterocycles. The van der Waals surface area contributed by atoms with Gasteiger partial charge in [0.25, 0.3) is 8.80 Å². The van der Waals surface area contributed by atoms with Crippen LogP contribution in [-0.4, -0.2) is 111 Å². The summed E-state index contributed by atoms with van der Waals surface area (Å²) in [4.78, 5) is 0. The van der Waals surface area contributed by atoms with Crippen LogP contribution in [0.4, 0.5) is 0 Å². The Hall–Kier alpha value is 0.652. The van der Waals surface area contributed by atoms with Crippen molar-refractivity contribution in [3.63, 3.8) is 0 Å². The number of hydrogen-bond acceptors (Lipinski definition) is 5. The van der Waals surface area contributed by atoms with Gasteiger partial charge >= 0.3 is 0 Å². The van der Waals surface area contributed by atoms with Gasteiger partial charge in [-0.15, -0.1) is 0 Å².